The highest BCUT2D eigenvalue weighted by atomic mass is 35.5. The smallest absolute Gasteiger partial charge is 0.296 e. The van der Waals surface area contributed by atoms with E-state index in [4.69, 9.17) is 23.2 Å². The van der Waals surface area contributed by atoms with E-state index in [1.165, 1.54) is 24.3 Å². The van der Waals surface area contributed by atoms with E-state index in [9.17, 15) is 88.0 Å². The highest BCUT2D eigenvalue weighted by Gasteiger charge is 2.30. The molecule has 458 valence electrons. The maximum absolute atomic E-state index is 12.6. The minimum atomic E-state index is -5.35. The molecule has 0 spiro atoms. The number of nitrogens with zero attached hydrogens (tertiary/aromatic N) is 12. The fourth-order valence-corrected chi connectivity index (χ4v) is 12.4. The summed E-state index contributed by atoms with van der Waals surface area (Å²) in [5, 5.41) is 43.6. The third kappa shape index (κ3) is 14.5. The van der Waals surface area contributed by atoms with Crippen molar-refractivity contribution >= 4 is 163 Å². The summed E-state index contributed by atoms with van der Waals surface area (Å²) in [7, 11) is -30.7. The van der Waals surface area contributed by atoms with E-state index < -0.39 is 180 Å². The largest absolute Gasteiger partial charge is 0.505 e. The fraction of sp³-hybridized carbons (Fsp3) is 0.136. The van der Waals surface area contributed by atoms with Gasteiger partial charge in [0.2, 0.25) is 34.4 Å². The van der Waals surface area contributed by atoms with Gasteiger partial charge in [-0.1, -0.05) is 24.3 Å². The van der Waals surface area contributed by atoms with Crippen molar-refractivity contribution in [3.05, 3.63) is 95.5 Å². The van der Waals surface area contributed by atoms with Gasteiger partial charge in [0.25, 0.3) is 60.7 Å². The quantitative estimate of drug-likeness (QED) is 0.0321. The average molecular weight is 1360 g/mol. The molecule has 6 aromatic carbocycles. The minimum absolute atomic E-state index is 0.0283. The molecule has 1 saturated heterocycles. The lowest BCUT2D eigenvalue weighted by Gasteiger charge is -2.34. The van der Waals surface area contributed by atoms with E-state index in [-0.39, 0.29) is 31.5 Å². The molecule has 1 fully saturated rings. The normalized spacial score (nSPS) is 14.1. The zero-order valence-electron chi connectivity index (χ0n) is 42.9. The van der Waals surface area contributed by atoms with Crippen LogP contribution in [0.2, 0.25) is 10.6 Å². The number of rotatable bonds is 19. The van der Waals surface area contributed by atoms with Crippen LogP contribution in [0, 0.1) is 0 Å². The molecule has 9 rings (SSSR count). The van der Waals surface area contributed by atoms with Gasteiger partial charge in [0, 0.05) is 50.0 Å². The highest BCUT2D eigenvalue weighted by molar-refractivity contribution is 7.87. The number of phenols is 2. The maximum atomic E-state index is 12.6. The van der Waals surface area contributed by atoms with Crippen molar-refractivity contribution in [3.63, 3.8) is 0 Å². The first-order chi connectivity index (χ1) is 40.5. The second kappa shape index (κ2) is 23.9. The Hall–Kier alpha value is -8.14. The van der Waals surface area contributed by atoms with Crippen molar-refractivity contribution < 1.29 is 88.0 Å². The molecule has 0 amide bonds. The first-order valence-electron chi connectivity index (χ1n) is 23.7. The first kappa shape index (κ1) is 63.4. The van der Waals surface area contributed by atoms with Crippen LogP contribution >= 0.6 is 23.2 Å². The zero-order valence-corrected chi connectivity index (χ0v) is 49.3. The van der Waals surface area contributed by atoms with Gasteiger partial charge in [-0.25, -0.2) is 0 Å². The van der Waals surface area contributed by atoms with Crippen molar-refractivity contribution in [1.29, 1.82) is 0 Å². The van der Waals surface area contributed by atoms with Gasteiger partial charge in [-0.15, -0.1) is 20.5 Å². The van der Waals surface area contributed by atoms with Gasteiger partial charge >= 0.3 is 0 Å². The van der Waals surface area contributed by atoms with Crippen LogP contribution in [0.4, 0.5) is 57.9 Å². The number of piperazine rings is 1. The molecule has 0 radical (unpaired) electrons. The Morgan fingerprint density at radius 2 is 0.862 bits per heavy atom. The Morgan fingerprint density at radius 3 is 1.29 bits per heavy atom. The number of hydrogen-bond donors (Lipinski definition) is 11. The molecule has 0 unspecified atom stereocenters. The lowest BCUT2D eigenvalue weighted by atomic mass is 10.1. The Morgan fingerprint density at radius 1 is 0.460 bits per heavy atom. The molecule has 2 aromatic heterocycles. The van der Waals surface area contributed by atoms with Crippen molar-refractivity contribution in [2.24, 2.45) is 20.5 Å². The van der Waals surface area contributed by atoms with Crippen molar-refractivity contribution in [2.45, 2.75) is 29.4 Å². The first-order valence-corrected chi connectivity index (χ1v) is 33.0. The molecule has 11 N–H and O–H groups in total. The molecule has 1 aliphatic rings. The third-order valence-corrected chi connectivity index (χ3v) is 17.8. The molecule has 0 aliphatic carbocycles. The van der Waals surface area contributed by atoms with E-state index in [1.54, 1.807) is 4.90 Å². The number of aromatic nitrogens is 6. The Kier molecular flexibility index (Phi) is 17.4. The summed E-state index contributed by atoms with van der Waals surface area (Å²) in [6, 6.07) is 13.4. The standard InChI is InChI=1S/C44H37Cl2N15O20S6/c45-39-50-41(54-42(51-39)48-27-19-23(82(64,65)66)15-21-17-31(86(76,77)78)35(37(62)33(21)27)58-56-25-5-1-3-7-29(25)84(70,71)72)47-9-10-60-11-13-61(14-12-60)44-53-40(46)52-43(55-44)49-28-20-24(83(67,68)69)16-22-18-32(87(79,80)81)36(38(63)34(22)28)59-57-26-6-2-4-8-30(26)85(73,74)75/h1-8,15-20,62-63H,9-14H2,(H,64,65,66)(H,67,68,69)(H,70,71,72)(H,73,74,75)(H,76,77,78)(H,79,80,81)(H,49,52,53,55)(H2,47,48,50,51,54). The summed E-state index contributed by atoms with van der Waals surface area (Å²) in [4.78, 5) is 22.9. The molecule has 0 bridgehead atoms. The summed E-state index contributed by atoms with van der Waals surface area (Å²) in [6.07, 6.45) is 0. The number of aromatic hydroxyl groups is 2. The molecule has 3 heterocycles. The lowest BCUT2D eigenvalue weighted by molar-refractivity contribution is 0.266. The van der Waals surface area contributed by atoms with Crippen LogP contribution in [-0.2, 0) is 60.7 Å². The van der Waals surface area contributed by atoms with Gasteiger partial charge < -0.3 is 31.1 Å². The Bertz CT molecular complexity index is 4950. The van der Waals surface area contributed by atoms with Crippen LogP contribution in [0.25, 0.3) is 21.5 Å². The van der Waals surface area contributed by atoms with Gasteiger partial charge in [0.05, 0.1) is 21.2 Å². The number of benzene rings is 6. The van der Waals surface area contributed by atoms with Gasteiger partial charge in [-0.05, 0) is 94.6 Å². The van der Waals surface area contributed by atoms with Gasteiger partial charge in [0.15, 0.2) is 11.5 Å². The minimum Gasteiger partial charge on any atom is -0.505 e. The molecular weight excluding hydrogens is 1320 g/mol. The maximum Gasteiger partial charge on any atom is 0.296 e. The summed E-state index contributed by atoms with van der Waals surface area (Å²) in [6.45, 7) is 1.56. The summed E-state index contributed by atoms with van der Waals surface area (Å²) in [5.74, 6) is -3.21. The van der Waals surface area contributed by atoms with E-state index in [1.807, 2.05) is 4.90 Å². The Labute approximate surface area is 500 Å². The van der Waals surface area contributed by atoms with Crippen LogP contribution in [0.5, 0.6) is 11.5 Å². The number of nitrogens with one attached hydrogen (secondary N) is 3. The second-order valence-corrected chi connectivity index (χ2v) is 27.0. The number of halogens is 2. The SMILES string of the molecule is O=S(=O)(O)c1cc(Nc2nc(Cl)nc(NCCN3CCN(c4nc(Cl)nc(Nc5cc(S(=O)(=O)O)cc6cc(S(=O)(=O)O)c(N=Nc7ccccc7S(=O)(=O)O)c(O)c56)n4)CC3)n2)c2c(O)c(N=Nc3ccccc3S(=O)(=O)O)c(S(=O)(=O)O)cc2c1. The number of phenolic OH excluding ortho intramolecular Hbond substituents is 2. The van der Waals surface area contributed by atoms with E-state index in [2.05, 4.69) is 66.3 Å². The Balaban J connectivity index is 0.933. The molecule has 35 nitrogen and oxygen atoms in total. The number of hydrogen-bond acceptors (Lipinski definition) is 29. The predicted octanol–water partition coefficient (Wildman–Crippen LogP) is 6.11. The van der Waals surface area contributed by atoms with Crippen LogP contribution < -0.4 is 20.9 Å². The van der Waals surface area contributed by atoms with Gasteiger partial charge in [-0.2, -0.15) is 80.4 Å². The monoisotopic (exact) mass is 1360 g/mol. The molecule has 8 aromatic rings. The number of azo groups is 2. The van der Waals surface area contributed by atoms with Gasteiger partial charge in [-0.3, -0.25) is 32.2 Å². The average Bonchev–Trinajstić information content (AvgIpc) is 0.815. The van der Waals surface area contributed by atoms with Crippen LogP contribution in [-0.4, -0.2) is 162 Å². The van der Waals surface area contributed by atoms with E-state index >= 15 is 0 Å². The van der Waals surface area contributed by atoms with Crippen LogP contribution in [0.1, 0.15) is 0 Å². The number of fused-ring (bicyclic) bond motifs is 2. The highest BCUT2D eigenvalue weighted by Crippen LogP contribution is 2.48. The summed E-state index contributed by atoms with van der Waals surface area (Å²) < 4.78 is 208. The molecule has 0 saturated carbocycles. The topological polar surface area (TPSA) is 536 Å². The van der Waals surface area contributed by atoms with E-state index in [0.717, 1.165) is 48.5 Å². The molecule has 0 atom stereocenters. The van der Waals surface area contributed by atoms with Gasteiger partial charge in [0.1, 0.15) is 42.3 Å². The van der Waals surface area contributed by atoms with E-state index in [0.29, 0.717) is 31.8 Å². The van der Waals surface area contributed by atoms with Crippen molar-refractivity contribution in [2.75, 3.05) is 60.1 Å². The predicted molar refractivity (Wildman–Crippen MR) is 305 cm³/mol. The third-order valence-electron chi connectivity index (χ3n) is 12.3. The van der Waals surface area contributed by atoms with Crippen LogP contribution in [0.3, 0.4) is 0 Å². The fourth-order valence-electron chi connectivity index (χ4n) is 8.48. The second-order valence-electron chi connectivity index (χ2n) is 18.0. The molecule has 43 heteroatoms. The molecular formula is C44H37Cl2N15O20S6. The van der Waals surface area contributed by atoms with Crippen molar-refractivity contribution in [1.82, 2.24) is 34.8 Å². The number of anilines is 6. The summed E-state index contributed by atoms with van der Waals surface area (Å²) >= 11 is 12.6. The molecule has 1 aliphatic heterocycles. The van der Waals surface area contributed by atoms with Crippen LogP contribution in [0.15, 0.2) is 135 Å². The molecule has 87 heavy (non-hydrogen) atoms. The van der Waals surface area contributed by atoms with Crippen molar-refractivity contribution in [3.8, 4) is 11.5 Å². The lowest BCUT2D eigenvalue weighted by Crippen LogP contribution is -2.48. The summed E-state index contributed by atoms with van der Waals surface area (Å²) in [5.41, 5.74) is -3.95. The zero-order chi connectivity index (χ0) is 63.3.